The summed E-state index contributed by atoms with van der Waals surface area (Å²) in [7, 11) is 3.25. The maximum absolute atomic E-state index is 9.60. The predicted molar refractivity (Wildman–Crippen MR) is 92.5 cm³/mol. The van der Waals surface area contributed by atoms with E-state index >= 15 is 0 Å². The van der Waals surface area contributed by atoms with Crippen molar-refractivity contribution in [2.75, 3.05) is 14.2 Å². The number of rotatable bonds is 3. The summed E-state index contributed by atoms with van der Waals surface area (Å²) in [6.45, 7) is 9.20. The van der Waals surface area contributed by atoms with Crippen LogP contribution in [0.15, 0.2) is 24.3 Å². The minimum Gasteiger partial charge on any atom is -0.478 e. The SMILES string of the molecule is C1CC(C2CCC2)C1.C=C(C)C(=O)O.C=C(C)C(=O)O.COC. The lowest BCUT2D eigenvalue weighted by Gasteiger charge is -2.39. The second-order valence-corrected chi connectivity index (χ2v) is 5.96. The van der Waals surface area contributed by atoms with Gasteiger partial charge in [0.25, 0.3) is 0 Å². The molecule has 134 valence electrons. The number of carboxylic acids is 2. The van der Waals surface area contributed by atoms with Crippen LogP contribution in [0.5, 0.6) is 0 Å². The number of hydrogen-bond acceptors (Lipinski definition) is 3. The summed E-state index contributed by atoms with van der Waals surface area (Å²) in [6.07, 6.45) is 9.30. The maximum Gasteiger partial charge on any atom is 0.330 e. The van der Waals surface area contributed by atoms with E-state index in [9.17, 15) is 9.59 Å². The van der Waals surface area contributed by atoms with Gasteiger partial charge in [0.1, 0.15) is 0 Å². The normalized spacial score (nSPS) is 15.7. The molecule has 0 saturated heterocycles. The summed E-state index contributed by atoms with van der Waals surface area (Å²) in [5.74, 6) is 0.498. The topological polar surface area (TPSA) is 83.8 Å². The van der Waals surface area contributed by atoms with Gasteiger partial charge in [-0.2, -0.15) is 0 Å². The van der Waals surface area contributed by atoms with Gasteiger partial charge in [-0.25, -0.2) is 9.59 Å². The quantitative estimate of drug-likeness (QED) is 0.761. The molecule has 0 spiro atoms. The largest absolute Gasteiger partial charge is 0.478 e. The second kappa shape index (κ2) is 14.0. The molecular weight excluding hydrogens is 296 g/mol. The van der Waals surface area contributed by atoms with Gasteiger partial charge in [-0.1, -0.05) is 51.7 Å². The molecule has 0 bridgehead atoms. The first-order valence-electron chi connectivity index (χ1n) is 7.85. The number of carbonyl (C=O) groups is 2. The van der Waals surface area contributed by atoms with Gasteiger partial charge in [0, 0.05) is 25.4 Å². The van der Waals surface area contributed by atoms with Gasteiger partial charge in [-0.15, -0.1) is 0 Å². The molecule has 0 unspecified atom stereocenters. The average Bonchev–Trinajstić information content (AvgIpc) is 2.33. The molecule has 0 atom stereocenters. The Morgan fingerprint density at radius 1 is 0.826 bits per heavy atom. The van der Waals surface area contributed by atoms with Crippen molar-refractivity contribution in [3.8, 4) is 0 Å². The third-order valence-corrected chi connectivity index (χ3v) is 3.70. The number of hydrogen-bond donors (Lipinski definition) is 2. The van der Waals surface area contributed by atoms with Gasteiger partial charge in [-0.05, 0) is 25.7 Å². The first-order valence-corrected chi connectivity index (χ1v) is 7.85. The van der Waals surface area contributed by atoms with Crippen LogP contribution in [-0.4, -0.2) is 36.4 Å². The molecule has 5 heteroatoms. The summed E-state index contributed by atoms with van der Waals surface area (Å²) < 4.78 is 4.25. The van der Waals surface area contributed by atoms with E-state index in [0.717, 1.165) is 0 Å². The molecule has 2 N–H and O–H groups in total. The summed E-state index contributed by atoms with van der Waals surface area (Å²) >= 11 is 0. The van der Waals surface area contributed by atoms with E-state index in [0.29, 0.717) is 0 Å². The standard InChI is InChI=1S/C8H14.2C4H6O2.C2H6O/c1-3-7(4-1)8-5-2-6-8;2*1-3(2)4(5)6;1-3-2/h7-8H,1-6H2;2*1H2,2H3,(H,5,6);1-2H3. The van der Waals surface area contributed by atoms with Crippen molar-refractivity contribution in [3.63, 3.8) is 0 Å². The Kier molecular flexibility index (Phi) is 14.4. The third kappa shape index (κ3) is 13.7. The van der Waals surface area contributed by atoms with E-state index in [1.165, 1.54) is 38.5 Å². The Labute approximate surface area is 140 Å². The van der Waals surface area contributed by atoms with Crippen LogP contribution in [0.3, 0.4) is 0 Å². The van der Waals surface area contributed by atoms with Crippen molar-refractivity contribution < 1.29 is 24.5 Å². The highest BCUT2D eigenvalue weighted by Crippen LogP contribution is 2.43. The molecule has 0 amide bonds. The van der Waals surface area contributed by atoms with Crippen molar-refractivity contribution in [3.05, 3.63) is 24.3 Å². The zero-order valence-electron chi connectivity index (χ0n) is 14.9. The third-order valence-electron chi connectivity index (χ3n) is 3.70. The highest BCUT2D eigenvalue weighted by molar-refractivity contribution is 5.85. The average molecular weight is 328 g/mol. The summed E-state index contributed by atoms with van der Waals surface area (Å²) in [5.41, 5.74) is 0.352. The molecule has 2 saturated carbocycles. The fraction of sp³-hybridized carbons (Fsp3) is 0.667. The van der Waals surface area contributed by atoms with E-state index in [4.69, 9.17) is 10.2 Å². The lowest BCUT2D eigenvalue weighted by atomic mass is 9.67. The number of aliphatic carboxylic acids is 2. The Morgan fingerprint density at radius 2 is 1.00 bits per heavy atom. The van der Waals surface area contributed by atoms with Crippen LogP contribution in [0, 0.1) is 11.8 Å². The molecule has 2 rings (SSSR count). The smallest absolute Gasteiger partial charge is 0.330 e. The van der Waals surface area contributed by atoms with Crippen molar-refractivity contribution in [1.29, 1.82) is 0 Å². The van der Waals surface area contributed by atoms with E-state index in [1.54, 1.807) is 39.9 Å². The first kappa shape index (κ1) is 23.6. The molecule has 0 aromatic carbocycles. The van der Waals surface area contributed by atoms with Crippen LogP contribution in [-0.2, 0) is 14.3 Å². The van der Waals surface area contributed by atoms with Gasteiger partial charge in [0.15, 0.2) is 0 Å². The molecule has 0 heterocycles. The molecule has 2 fully saturated rings. The minimum absolute atomic E-state index is 0.176. The molecule has 23 heavy (non-hydrogen) atoms. The number of ether oxygens (including phenoxy) is 1. The Hall–Kier alpha value is -1.62. The number of methoxy groups -OCH3 is 1. The van der Waals surface area contributed by atoms with Gasteiger partial charge < -0.3 is 14.9 Å². The molecule has 5 nitrogen and oxygen atoms in total. The molecule has 0 aromatic heterocycles. The molecule has 0 radical (unpaired) electrons. The van der Waals surface area contributed by atoms with Gasteiger partial charge >= 0.3 is 11.9 Å². The van der Waals surface area contributed by atoms with Crippen LogP contribution in [0.25, 0.3) is 0 Å². The summed E-state index contributed by atoms with van der Waals surface area (Å²) in [6, 6.07) is 0. The lowest BCUT2D eigenvalue weighted by molar-refractivity contribution is -0.133. The predicted octanol–water partition coefficient (Wildman–Crippen LogP) is 4.14. The van der Waals surface area contributed by atoms with Crippen molar-refractivity contribution in [2.24, 2.45) is 11.8 Å². The first-order chi connectivity index (χ1) is 10.7. The number of carboxylic acid groups (broad SMARTS) is 2. The van der Waals surface area contributed by atoms with E-state index in [2.05, 4.69) is 17.9 Å². The van der Waals surface area contributed by atoms with E-state index < -0.39 is 11.9 Å². The maximum atomic E-state index is 9.60. The van der Waals surface area contributed by atoms with Crippen LogP contribution < -0.4 is 0 Å². The van der Waals surface area contributed by atoms with Crippen LogP contribution >= 0.6 is 0 Å². The molecular formula is C18H32O5. The highest BCUT2D eigenvalue weighted by atomic mass is 16.4. The zero-order valence-corrected chi connectivity index (χ0v) is 14.9. The van der Waals surface area contributed by atoms with E-state index in [1.807, 2.05) is 0 Å². The van der Waals surface area contributed by atoms with Crippen LogP contribution in [0.2, 0.25) is 0 Å². The summed E-state index contributed by atoms with van der Waals surface area (Å²) in [5, 5.41) is 15.8. The van der Waals surface area contributed by atoms with Crippen LogP contribution in [0.4, 0.5) is 0 Å². The fourth-order valence-electron chi connectivity index (χ4n) is 1.82. The van der Waals surface area contributed by atoms with Crippen molar-refractivity contribution in [1.82, 2.24) is 0 Å². The Morgan fingerprint density at radius 3 is 1.04 bits per heavy atom. The Bertz CT molecular complexity index is 319. The highest BCUT2D eigenvalue weighted by Gasteiger charge is 2.30. The van der Waals surface area contributed by atoms with Gasteiger partial charge in [-0.3, -0.25) is 0 Å². The fourth-order valence-corrected chi connectivity index (χ4v) is 1.82. The monoisotopic (exact) mass is 328 g/mol. The molecule has 0 aliphatic heterocycles. The van der Waals surface area contributed by atoms with Crippen molar-refractivity contribution >= 4 is 11.9 Å². The molecule has 0 aromatic rings. The molecule has 2 aliphatic carbocycles. The zero-order chi connectivity index (χ0) is 18.4. The van der Waals surface area contributed by atoms with Crippen molar-refractivity contribution in [2.45, 2.75) is 52.4 Å². The lowest BCUT2D eigenvalue weighted by Crippen LogP contribution is -2.26. The molecule has 2 aliphatic rings. The van der Waals surface area contributed by atoms with Gasteiger partial charge in [0.2, 0.25) is 0 Å². The Balaban J connectivity index is 0. The summed E-state index contributed by atoms with van der Waals surface area (Å²) in [4.78, 5) is 19.2. The van der Waals surface area contributed by atoms with E-state index in [-0.39, 0.29) is 11.1 Å². The van der Waals surface area contributed by atoms with Gasteiger partial charge in [0.05, 0.1) is 0 Å². The van der Waals surface area contributed by atoms with Crippen LogP contribution in [0.1, 0.15) is 52.4 Å². The second-order valence-electron chi connectivity index (χ2n) is 5.96. The minimum atomic E-state index is -0.935.